The molecule has 2 rings (SSSR count). The van der Waals surface area contributed by atoms with Crippen LogP contribution in [0.4, 0.5) is 0 Å². The molecule has 0 fully saturated rings. The van der Waals surface area contributed by atoms with Crippen molar-refractivity contribution in [1.29, 1.82) is 0 Å². The van der Waals surface area contributed by atoms with Crippen molar-refractivity contribution in [3.05, 3.63) is 70.2 Å². The lowest BCUT2D eigenvalue weighted by atomic mass is 10.0. The van der Waals surface area contributed by atoms with Crippen LogP contribution in [0.5, 0.6) is 0 Å². The van der Waals surface area contributed by atoms with Gasteiger partial charge in [-0.05, 0) is 23.3 Å². The molecule has 0 saturated carbocycles. The van der Waals surface area contributed by atoms with E-state index in [-0.39, 0.29) is 0 Å². The fourth-order valence-electron chi connectivity index (χ4n) is 1.50. The normalized spacial score (nSPS) is 12.4. The van der Waals surface area contributed by atoms with Crippen LogP contribution in [0.15, 0.2) is 59.1 Å². The van der Waals surface area contributed by atoms with Gasteiger partial charge in [0.1, 0.15) is 6.10 Å². The first kappa shape index (κ1) is 10.4. The first-order valence-electron chi connectivity index (χ1n) is 4.76. The summed E-state index contributed by atoms with van der Waals surface area (Å²) < 4.78 is 0.981. The average molecular weight is 263 g/mol. The van der Waals surface area contributed by atoms with Gasteiger partial charge in [-0.3, -0.25) is 0 Å². The van der Waals surface area contributed by atoms with Gasteiger partial charge in [0.2, 0.25) is 0 Å². The first-order valence-corrected chi connectivity index (χ1v) is 5.55. The highest BCUT2D eigenvalue weighted by atomic mass is 79.9. The van der Waals surface area contributed by atoms with Crippen molar-refractivity contribution in [1.82, 2.24) is 0 Å². The van der Waals surface area contributed by atoms with Crippen molar-refractivity contribution < 1.29 is 5.11 Å². The molecular formula is C13H11BrO. The Kier molecular flexibility index (Phi) is 3.19. The maximum atomic E-state index is 10.1. The number of hydrogen-bond acceptors (Lipinski definition) is 1. The Morgan fingerprint density at radius 1 is 0.867 bits per heavy atom. The highest BCUT2D eigenvalue weighted by Gasteiger charge is 2.09. The van der Waals surface area contributed by atoms with Crippen molar-refractivity contribution in [2.45, 2.75) is 6.10 Å². The Morgan fingerprint density at radius 3 is 2.20 bits per heavy atom. The van der Waals surface area contributed by atoms with Gasteiger partial charge in [-0.1, -0.05) is 58.4 Å². The molecule has 0 amide bonds. The number of benzene rings is 2. The third-order valence-electron chi connectivity index (χ3n) is 2.28. The third kappa shape index (κ3) is 2.46. The van der Waals surface area contributed by atoms with E-state index in [1.807, 2.05) is 54.6 Å². The Hall–Kier alpha value is -1.12. The molecule has 0 aliphatic heterocycles. The third-order valence-corrected chi connectivity index (χ3v) is 2.77. The van der Waals surface area contributed by atoms with E-state index in [0.717, 1.165) is 15.6 Å². The van der Waals surface area contributed by atoms with E-state index < -0.39 is 6.10 Å². The molecule has 0 aliphatic carbocycles. The smallest absolute Gasteiger partial charge is 0.104 e. The molecule has 0 unspecified atom stereocenters. The van der Waals surface area contributed by atoms with Crippen LogP contribution in [0, 0.1) is 0 Å². The summed E-state index contributed by atoms with van der Waals surface area (Å²) >= 11 is 3.39. The predicted molar refractivity (Wildman–Crippen MR) is 64.6 cm³/mol. The molecule has 2 heteroatoms. The molecule has 2 aromatic carbocycles. The molecule has 0 radical (unpaired) electrons. The van der Waals surface area contributed by atoms with Gasteiger partial charge in [0.15, 0.2) is 0 Å². The number of aliphatic hydroxyl groups is 1. The van der Waals surface area contributed by atoms with Gasteiger partial charge in [0, 0.05) is 4.47 Å². The molecule has 0 spiro atoms. The summed E-state index contributed by atoms with van der Waals surface area (Å²) in [5, 5.41) is 10.1. The van der Waals surface area contributed by atoms with E-state index in [9.17, 15) is 5.11 Å². The first-order chi connectivity index (χ1) is 7.27. The number of aliphatic hydroxyl groups excluding tert-OH is 1. The van der Waals surface area contributed by atoms with E-state index in [4.69, 9.17) is 0 Å². The summed E-state index contributed by atoms with van der Waals surface area (Å²) in [4.78, 5) is 0. The minimum Gasteiger partial charge on any atom is -0.384 e. The van der Waals surface area contributed by atoms with Crippen LogP contribution in [0.3, 0.4) is 0 Å². The van der Waals surface area contributed by atoms with Crippen LogP contribution in [0.25, 0.3) is 0 Å². The van der Waals surface area contributed by atoms with Crippen LogP contribution in [0.1, 0.15) is 17.2 Å². The topological polar surface area (TPSA) is 20.2 Å². The number of halogens is 1. The summed E-state index contributed by atoms with van der Waals surface area (Å²) in [6.07, 6.45) is -0.552. The molecular weight excluding hydrogens is 252 g/mol. The zero-order valence-corrected chi connectivity index (χ0v) is 9.68. The molecule has 15 heavy (non-hydrogen) atoms. The standard InChI is InChI=1S/C13H11BrO/c14-12-8-4-7-11(9-12)13(15)10-5-2-1-3-6-10/h1-9,13,15H/t13-/m1/s1. The van der Waals surface area contributed by atoms with Gasteiger partial charge in [0.05, 0.1) is 0 Å². The molecule has 1 N–H and O–H groups in total. The quantitative estimate of drug-likeness (QED) is 0.878. The van der Waals surface area contributed by atoms with E-state index >= 15 is 0 Å². The fraction of sp³-hybridized carbons (Fsp3) is 0.0769. The minimum atomic E-state index is -0.552. The predicted octanol–water partition coefficient (Wildman–Crippen LogP) is 3.53. The van der Waals surface area contributed by atoms with Crippen molar-refractivity contribution in [3.8, 4) is 0 Å². The Labute approximate surface area is 97.5 Å². The zero-order valence-electron chi connectivity index (χ0n) is 8.10. The van der Waals surface area contributed by atoms with Crippen molar-refractivity contribution in [3.63, 3.8) is 0 Å². The molecule has 1 atom stereocenters. The van der Waals surface area contributed by atoms with Crippen LogP contribution < -0.4 is 0 Å². The van der Waals surface area contributed by atoms with E-state index in [0.29, 0.717) is 0 Å². The molecule has 0 saturated heterocycles. The second-order valence-electron chi connectivity index (χ2n) is 3.37. The Balaban J connectivity index is 2.32. The summed E-state index contributed by atoms with van der Waals surface area (Å²) in [6.45, 7) is 0. The summed E-state index contributed by atoms with van der Waals surface area (Å²) in [7, 11) is 0. The molecule has 1 nitrogen and oxygen atoms in total. The highest BCUT2D eigenvalue weighted by Crippen LogP contribution is 2.23. The summed E-state index contributed by atoms with van der Waals surface area (Å²) in [5.74, 6) is 0. The summed E-state index contributed by atoms with van der Waals surface area (Å²) in [6, 6.07) is 17.4. The van der Waals surface area contributed by atoms with E-state index in [1.54, 1.807) is 0 Å². The lowest BCUT2D eigenvalue weighted by Gasteiger charge is -2.11. The van der Waals surface area contributed by atoms with Gasteiger partial charge in [0.25, 0.3) is 0 Å². The molecule has 76 valence electrons. The lowest BCUT2D eigenvalue weighted by Crippen LogP contribution is -1.98. The second kappa shape index (κ2) is 4.60. The van der Waals surface area contributed by atoms with Gasteiger partial charge >= 0.3 is 0 Å². The maximum absolute atomic E-state index is 10.1. The number of rotatable bonds is 2. The van der Waals surface area contributed by atoms with Crippen molar-refractivity contribution in [2.24, 2.45) is 0 Å². The molecule has 2 aromatic rings. The average Bonchev–Trinajstić information content (AvgIpc) is 2.29. The van der Waals surface area contributed by atoms with E-state index in [1.165, 1.54) is 0 Å². The minimum absolute atomic E-state index is 0.552. The van der Waals surface area contributed by atoms with Crippen LogP contribution >= 0.6 is 15.9 Å². The van der Waals surface area contributed by atoms with Crippen LogP contribution in [0.2, 0.25) is 0 Å². The van der Waals surface area contributed by atoms with E-state index in [2.05, 4.69) is 15.9 Å². The monoisotopic (exact) mass is 262 g/mol. The number of hydrogen-bond donors (Lipinski definition) is 1. The van der Waals surface area contributed by atoms with Gasteiger partial charge in [-0.25, -0.2) is 0 Å². The zero-order chi connectivity index (χ0) is 10.7. The molecule has 0 aliphatic rings. The maximum Gasteiger partial charge on any atom is 0.104 e. The largest absolute Gasteiger partial charge is 0.384 e. The SMILES string of the molecule is O[C@H](c1ccccc1)c1cccc(Br)c1. The molecule has 0 heterocycles. The summed E-state index contributed by atoms with van der Waals surface area (Å²) in [5.41, 5.74) is 1.81. The second-order valence-corrected chi connectivity index (χ2v) is 4.28. The Bertz CT molecular complexity index is 439. The molecule has 0 bridgehead atoms. The highest BCUT2D eigenvalue weighted by molar-refractivity contribution is 9.10. The van der Waals surface area contributed by atoms with Gasteiger partial charge < -0.3 is 5.11 Å². The van der Waals surface area contributed by atoms with Crippen LogP contribution in [-0.2, 0) is 0 Å². The Morgan fingerprint density at radius 2 is 1.53 bits per heavy atom. The van der Waals surface area contributed by atoms with Gasteiger partial charge in [-0.2, -0.15) is 0 Å². The lowest BCUT2D eigenvalue weighted by molar-refractivity contribution is 0.220. The van der Waals surface area contributed by atoms with Crippen LogP contribution in [-0.4, -0.2) is 5.11 Å². The fourth-order valence-corrected chi connectivity index (χ4v) is 1.92. The van der Waals surface area contributed by atoms with Crippen molar-refractivity contribution >= 4 is 15.9 Å². The molecule has 0 aromatic heterocycles. The van der Waals surface area contributed by atoms with Gasteiger partial charge in [-0.15, -0.1) is 0 Å². The van der Waals surface area contributed by atoms with Crippen molar-refractivity contribution in [2.75, 3.05) is 0 Å².